The zero-order chi connectivity index (χ0) is 16.2. The molecule has 2 N–H and O–H groups in total. The van der Waals surface area contributed by atoms with Crippen molar-refractivity contribution in [2.24, 2.45) is 9.66 Å². The molecule has 1 unspecified atom stereocenters. The first-order valence-corrected chi connectivity index (χ1v) is 13.9. The average molecular weight is 348 g/mol. The van der Waals surface area contributed by atoms with Gasteiger partial charge in [0.15, 0.2) is 0 Å². The molecule has 0 rings (SSSR count). The number of nitrogens with one attached hydrogen (secondary N) is 2. The number of rotatable bonds is 6. The number of carbonyl (C=O) groups is 1. The van der Waals surface area contributed by atoms with Crippen LogP contribution in [0.15, 0.2) is 9.66 Å². The molecular formula is C8H20F3N4O2PSi2. The van der Waals surface area contributed by atoms with Crippen molar-refractivity contribution in [1.29, 1.82) is 0 Å². The molecule has 0 saturated heterocycles. The molecule has 0 heterocycles. The summed E-state index contributed by atoms with van der Waals surface area (Å²) in [5, 5.41) is 5.38. The van der Waals surface area contributed by atoms with Crippen LogP contribution in [0.4, 0.5) is 13.2 Å². The van der Waals surface area contributed by atoms with Gasteiger partial charge < -0.3 is 4.52 Å². The summed E-state index contributed by atoms with van der Waals surface area (Å²) in [5.41, 5.74) is 0. The Labute approximate surface area is 119 Å². The van der Waals surface area contributed by atoms with Gasteiger partial charge in [-0.15, -0.1) is 4.88 Å². The van der Waals surface area contributed by atoms with Crippen molar-refractivity contribution < 1.29 is 22.5 Å². The van der Waals surface area contributed by atoms with E-state index in [0.29, 0.717) is 0 Å². The Kier molecular flexibility index (Phi) is 6.95. The van der Waals surface area contributed by atoms with E-state index in [1.54, 1.807) is 0 Å². The summed E-state index contributed by atoms with van der Waals surface area (Å²) in [7, 11) is -5.94. The standard InChI is InChI=1S/C8H20F3N4O2PSi2/c1-19(2,3)14-12-18(13-15-20(4,5)6)17-7(16)8(9,10)11/h12,14H,1-6H3/b15-13+. The predicted octanol–water partition coefficient (Wildman–Crippen LogP) is 3.54. The summed E-state index contributed by atoms with van der Waals surface area (Å²) in [6, 6.07) is 0. The van der Waals surface area contributed by atoms with Crippen molar-refractivity contribution in [3.8, 4) is 0 Å². The third-order valence-corrected chi connectivity index (χ3v) is 4.20. The maximum Gasteiger partial charge on any atom is 0.491 e. The highest BCUT2D eigenvalue weighted by Gasteiger charge is 2.43. The van der Waals surface area contributed by atoms with Gasteiger partial charge in [0.2, 0.25) is 8.24 Å². The minimum atomic E-state index is -5.05. The van der Waals surface area contributed by atoms with Crippen molar-refractivity contribution in [3.05, 3.63) is 0 Å². The van der Waals surface area contributed by atoms with Gasteiger partial charge in [-0.2, -0.15) is 18.4 Å². The van der Waals surface area contributed by atoms with Gasteiger partial charge in [-0.05, 0) is 19.6 Å². The molecule has 0 aliphatic rings. The van der Waals surface area contributed by atoms with Crippen LogP contribution in [-0.2, 0) is 9.32 Å². The second kappa shape index (κ2) is 7.07. The van der Waals surface area contributed by atoms with Crippen molar-refractivity contribution in [3.63, 3.8) is 0 Å². The van der Waals surface area contributed by atoms with E-state index in [9.17, 15) is 18.0 Å². The highest BCUT2D eigenvalue weighted by atomic mass is 31.2. The Bertz CT molecular complexity index is 368. The van der Waals surface area contributed by atoms with Crippen LogP contribution < -0.4 is 10.3 Å². The number of alkyl halides is 3. The lowest BCUT2D eigenvalue weighted by Gasteiger charge is -2.22. The SMILES string of the molecule is C[Si](C)(C)/N=N/P(NN[Si](C)(C)C)OC(=O)C(F)(F)F. The molecule has 0 spiro atoms. The number of hydrazine groups is 1. The van der Waals surface area contributed by atoms with E-state index in [1.165, 1.54) is 0 Å². The van der Waals surface area contributed by atoms with Gasteiger partial charge in [0.05, 0.1) is 0 Å². The minimum absolute atomic E-state index is 1.80. The second-order valence-electron chi connectivity index (χ2n) is 6.00. The van der Waals surface area contributed by atoms with Gasteiger partial charge >= 0.3 is 20.6 Å². The van der Waals surface area contributed by atoms with Crippen LogP contribution in [0.3, 0.4) is 0 Å². The monoisotopic (exact) mass is 348 g/mol. The third kappa shape index (κ3) is 10.4. The maximum atomic E-state index is 12.2. The van der Waals surface area contributed by atoms with Gasteiger partial charge in [-0.25, -0.2) is 9.57 Å². The first-order chi connectivity index (χ1) is 8.71. The first kappa shape index (κ1) is 19.6. The van der Waals surface area contributed by atoms with Crippen molar-refractivity contribution >= 4 is 30.9 Å². The molecule has 0 fully saturated rings. The topological polar surface area (TPSA) is 75.1 Å². The minimum Gasteiger partial charge on any atom is -0.399 e. The van der Waals surface area contributed by atoms with Crippen LogP contribution in [0.2, 0.25) is 39.3 Å². The summed E-state index contributed by atoms with van der Waals surface area (Å²) >= 11 is 0. The van der Waals surface area contributed by atoms with Gasteiger partial charge in [0, 0.05) is 0 Å². The predicted molar refractivity (Wildman–Crippen MR) is 76.9 cm³/mol. The Morgan fingerprint density at radius 1 is 1.15 bits per heavy atom. The van der Waals surface area contributed by atoms with Crippen molar-refractivity contribution in [2.45, 2.75) is 45.5 Å². The van der Waals surface area contributed by atoms with Crippen molar-refractivity contribution in [1.82, 2.24) is 10.3 Å². The summed E-state index contributed by atoms with van der Waals surface area (Å²) in [4.78, 5) is 14.6. The van der Waals surface area contributed by atoms with E-state index in [2.05, 4.69) is 24.5 Å². The third-order valence-electron chi connectivity index (χ3n) is 1.35. The zero-order valence-electron chi connectivity index (χ0n) is 12.3. The molecule has 0 bridgehead atoms. The summed E-state index contributed by atoms with van der Waals surface area (Å²) in [6.07, 6.45) is -5.05. The van der Waals surface area contributed by atoms with E-state index in [1.807, 2.05) is 39.3 Å². The molecule has 118 valence electrons. The van der Waals surface area contributed by atoms with Crippen LogP contribution in [0.25, 0.3) is 0 Å². The normalized spacial score (nSPS) is 15.4. The van der Waals surface area contributed by atoms with Gasteiger partial charge in [0.1, 0.15) is 8.24 Å². The Balaban J connectivity index is 4.80. The summed E-state index contributed by atoms with van der Waals surface area (Å²) in [6.45, 7) is 11.4. The highest BCUT2D eigenvalue weighted by molar-refractivity contribution is 7.49. The number of carbonyl (C=O) groups excluding carboxylic acids is 1. The van der Waals surface area contributed by atoms with E-state index in [0.717, 1.165) is 0 Å². The van der Waals surface area contributed by atoms with Crippen LogP contribution in [0.1, 0.15) is 0 Å². The van der Waals surface area contributed by atoms with Gasteiger partial charge in [-0.1, -0.05) is 19.6 Å². The quantitative estimate of drug-likeness (QED) is 0.333. The molecule has 1 atom stereocenters. The van der Waals surface area contributed by atoms with E-state index in [-0.39, 0.29) is 0 Å². The molecule has 0 amide bonds. The number of nitrogens with zero attached hydrogens (tertiary/aromatic N) is 2. The fourth-order valence-corrected chi connectivity index (χ4v) is 4.09. The first-order valence-electron chi connectivity index (χ1n) is 5.75. The Morgan fingerprint density at radius 3 is 2.00 bits per heavy atom. The lowest BCUT2D eigenvalue weighted by atomic mass is 10.7. The smallest absolute Gasteiger partial charge is 0.399 e. The van der Waals surface area contributed by atoms with E-state index >= 15 is 0 Å². The highest BCUT2D eigenvalue weighted by Crippen LogP contribution is 2.37. The van der Waals surface area contributed by atoms with Crippen LogP contribution >= 0.6 is 8.45 Å². The summed E-state index contributed by atoms with van der Waals surface area (Å²) < 4.78 is 44.8. The number of halogens is 3. The molecule has 0 aromatic heterocycles. The molecule has 12 heteroatoms. The fraction of sp³-hybridized carbons (Fsp3) is 0.875. The molecule has 0 radical (unpaired) electrons. The largest absolute Gasteiger partial charge is 0.491 e. The summed E-state index contributed by atoms with van der Waals surface area (Å²) in [5.74, 6) is -2.27. The molecule has 0 aliphatic heterocycles. The number of hydrogen-bond donors (Lipinski definition) is 2. The Hall–Kier alpha value is -0.356. The lowest BCUT2D eigenvalue weighted by molar-refractivity contribution is -0.189. The zero-order valence-corrected chi connectivity index (χ0v) is 15.2. The lowest BCUT2D eigenvalue weighted by Crippen LogP contribution is -2.48. The van der Waals surface area contributed by atoms with Crippen LogP contribution in [0, 0.1) is 0 Å². The molecule has 0 aromatic carbocycles. The van der Waals surface area contributed by atoms with Gasteiger partial charge in [0.25, 0.3) is 0 Å². The van der Waals surface area contributed by atoms with Crippen molar-refractivity contribution in [2.75, 3.05) is 0 Å². The molecule has 20 heavy (non-hydrogen) atoms. The molecule has 0 aliphatic carbocycles. The molecule has 6 nitrogen and oxygen atoms in total. The molecule has 0 saturated carbocycles. The Morgan fingerprint density at radius 2 is 1.65 bits per heavy atom. The maximum absolute atomic E-state index is 12.2. The fourth-order valence-electron chi connectivity index (χ4n) is 0.584. The van der Waals surface area contributed by atoms with E-state index in [4.69, 9.17) is 0 Å². The average Bonchev–Trinajstić information content (AvgIpc) is 2.17. The molecular weight excluding hydrogens is 328 g/mol. The van der Waals surface area contributed by atoms with E-state index < -0.39 is 37.1 Å². The molecule has 0 aromatic rings. The van der Waals surface area contributed by atoms with Gasteiger partial charge in [-0.3, -0.25) is 5.09 Å². The van der Waals surface area contributed by atoms with Crippen LogP contribution in [0.5, 0.6) is 0 Å². The number of hydrogen-bond acceptors (Lipinski definition) is 6. The second-order valence-corrected chi connectivity index (χ2v) is 16.4. The van der Waals surface area contributed by atoms with Crippen LogP contribution in [-0.4, -0.2) is 28.6 Å².